The minimum absolute atomic E-state index is 0.0451. The average molecular weight is 253 g/mol. The first-order valence-electron chi connectivity index (χ1n) is 5.81. The van der Waals surface area contributed by atoms with Gasteiger partial charge in [0.25, 0.3) is 0 Å². The van der Waals surface area contributed by atoms with Crippen LogP contribution in [0.2, 0.25) is 0 Å². The van der Waals surface area contributed by atoms with Gasteiger partial charge in [0.15, 0.2) is 0 Å². The molecule has 1 amide bonds. The third-order valence-corrected chi connectivity index (χ3v) is 3.68. The van der Waals surface area contributed by atoms with Crippen molar-refractivity contribution < 1.29 is 4.79 Å². The van der Waals surface area contributed by atoms with Gasteiger partial charge in [0.2, 0.25) is 5.91 Å². The number of amides is 1. The molecule has 2 rings (SSSR count). The lowest BCUT2D eigenvalue weighted by Gasteiger charge is -2.31. The maximum absolute atomic E-state index is 12.0. The maximum Gasteiger partial charge on any atom is 0.238 e. The van der Waals surface area contributed by atoms with Gasteiger partial charge < -0.3 is 9.80 Å². The normalized spacial score (nSPS) is 22.5. The van der Waals surface area contributed by atoms with Crippen molar-refractivity contribution >= 4 is 17.2 Å². The fourth-order valence-electron chi connectivity index (χ4n) is 2.34. The minimum Gasteiger partial charge on any atom is -0.318 e. The van der Waals surface area contributed by atoms with E-state index in [-0.39, 0.29) is 18.1 Å². The molecule has 94 valence electrons. The largest absolute Gasteiger partial charge is 0.318 e. The third-order valence-electron chi connectivity index (χ3n) is 2.98. The molecule has 0 aromatic carbocycles. The topological polar surface area (TPSA) is 35.6 Å². The van der Waals surface area contributed by atoms with Crippen LogP contribution in [0.5, 0.6) is 0 Å². The van der Waals surface area contributed by atoms with Crippen molar-refractivity contribution in [1.29, 1.82) is 0 Å². The minimum atomic E-state index is 0.0451. The van der Waals surface area contributed by atoms with Gasteiger partial charge in [0.1, 0.15) is 6.17 Å². The van der Waals surface area contributed by atoms with Crippen LogP contribution in [0.1, 0.15) is 18.7 Å². The summed E-state index contributed by atoms with van der Waals surface area (Å²) >= 11 is 1.67. The standard InChI is InChI=1S/C12H19N3OS/c1-9(7-14(2)3)15-11(16)6-13-12(15)10-4-5-17-8-10/h4-5,8-9,12-13H,6-7H2,1-3H3. The van der Waals surface area contributed by atoms with Gasteiger partial charge in [-0.1, -0.05) is 0 Å². The predicted molar refractivity (Wildman–Crippen MR) is 69.9 cm³/mol. The van der Waals surface area contributed by atoms with E-state index in [1.165, 1.54) is 5.56 Å². The van der Waals surface area contributed by atoms with Gasteiger partial charge in [-0.2, -0.15) is 11.3 Å². The molecular weight excluding hydrogens is 234 g/mol. The Hall–Kier alpha value is -0.910. The highest BCUT2D eigenvalue weighted by Gasteiger charge is 2.35. The summed E-state index contributed by atoms with van der Waals surface area (Å²) in [5.74, 6) is 0.190. The van der Waals surface area contributed by atoms with Crippen molar-refractivity contribution in [1.82, 2.24) is 15.1 Å². The van der Waals surface area contributed by atoms with Gasteiger partial charge in [-0.05, 0) is 43.4 Å². The Bertz CT molecular complexity index is 377. The van der Waals surface area contributed by atoms with Crippen LogP contribution in [-0.4, -0.2) is 48.9 Å². The summed E-state index contributed by atoms with van der Waals surface area (Å²) in [7, 11) is 4.06. The summed E-state index contributed by atoms with van der Waals surface area (Å²) in [6, 6.07) is 2.30. The Kier molecular flexibility index (Phi) is 3.81. The van der Waals surface area contributed by atoms with E-state index >= 15 is 0 Å². The van der Waals surface area contributed by atoms with Gasteiger partial charge in [0.05, 0.1) is 6.54 Å². The van der Waals surface area contributed by atoms with E-state index in [1.54, 1.807) is 11.3 Å². The number of carbonyl (C=O) groups excluding carboxylic acids is 1. The molecule has 0 aliphatic carbocycles. The van der Waals surface area contributed by atoms with Gasteiger partial charge in [-0.25, -0.2) is 0 Å². The fraction of sp³-hybridized carbons (Fsp3) is 0.583. The van der Waals surface area contributed by atoms with E-state index in [0.29, 0.717) is 6.54 Å². The van der Waals surface area contributed by atoms with E-state index in [1.807, 2.05) is 19.0 Å². The number of rotatable bonds is 4. The number of carbonyl (C=O) groups is 1. The first-order chi connectivity index (χ1) is 8.09. The molecule has 1 aromatic rings. The van der Waals surface area contributed by atoms with Gasteiger partial charge >= 0.3 is 0 Å². The lowest BCUT2D eigenvalue weighted by molar-refractivity contribution is -0.130. The molecule has 0 bridgehead atoms. The molecule has 2 unspecified atom stereocenters. The van der Waals surface area contributed by atoms with E-state index in [4.69, 9.17) is 0 Å². The lowest BCUT2D eigenvalue weighted by atomic mass is 10.2. The molecule has 1 N–H and O–H groups in total. The molecule has 5 heteroatoms. The molecule has 17 heavy (non-hydrogen) atoms. The van der Waals surface area contributed by atoms with Crippen molar-refractivity contribution in [2.75, 3.05) is 27.2 Å². The number of nitrogens with one attached hydrogen (secondary N) is 1. The zero-order valence-electron chi connectivity index (χ0n) is 10.5. The monoisotopic (exact) mass is 253 g/mol. The second-order valence-electron chi connectivity index (χ2n) is 4.75. The van der Waals surface area contributed by atoms with Crippen molar-refractivity contribution in [2.24, 2.45) is 0 Å². The second-order valence-corrected chi connectivity index (χ2v) is 5.53. The second kappa shape index (κ2) is 5.16. The Labute approximate surface area is 106 Å². The zero-order chi connectivity index (χ0) is 12.4. The van der Waals surface area contributed by atoms with Gasteiger partial charge in [-0.3, -0.25) is 10.1 Å². The molecule has 0 radical (unpaired) electrons. The molecule has 1 saturated heterocycles. The molecule has 0 saturated carbocycles. The van der Waals surface area contributed by atoms with Crippen LogP contribution >= 0.6 is 11.3 Å². The Morgan fingerprint density at radius 2 is 2.41 bits per heavy atom. The van der Waals surface area contributed by atoms with Crippen molar-refractivity contribution in [3.05, 3.63) is 22.4 Å². The summed E-state index contributed by atoms with van der Waals surface area (Å²) in [5, 5.41) is 7.43. The molecule has 1 aliphatic rings. The zero-order valence-corrected chi connectivity index (χ0v) is 11.3. The van der Waals surface area contributed by atoms with E-state index in [0.717, 1.165) is 6.54 Å². The Morgan fingerprint density at radius 1 is 1.65 bits per heavy atom. The van der Waals surface area contributed by atoms with Crippen LogP contribution in [0.15, 0.2) is 16.8 Å². The van der Waals surface area contributed by atoms with Crippen molar-refractivity contribution in [3.63, 3.8) is 0 Å². The number of thiophene rings is 1. The van der Waals surface area contributed by atoms with Crippen LogP contribution in [-0.2, 0) is 4.79 Å². The summed E-state index contributed by atoms with van der Waals surface area (Å²) in [5.41, 5.74) is 1.19. The molecular formula is C12H19N3OS. The molecule has 4 nitrogen and oxygen atoms in total. The van der Waals surface area contributed by atoms with Crippen LogP contribution in [0.25, 0.3) is 0 Å². The summed E-state index contributed by atoms with van der Waals surface area (Å²) in [6.45, 7) is 3.43. The van der Waals surface area contributed by atoms with Gasteiger partial charge in [-0.15, -0.1) is 0 Å². The van der Waals surface area contributed by atoms with E-state index < -0.39 is 0 Å². The number of hydrogen-bond donors (Lipinski definition) is 1. The molecule has 2 atom stereocenters. The smallest absolute Gasteiger partial charge is 0.238 e. The third kappa shape index (κ3) is 2.68. The maximum atomic E-state index is 12.0. The molecule has 1 aliphatic heterocycles. The number of nitrogens with zero attached hydrogens (tertiary/aromatic N) is 2. The highest BCUT2D eigenvalue weighted by Crippen LogP contribution is 2.26. The summed E-state index contributed by atoms with van der Waals surface area (Å²) < 4.78 is 0. The number of hydrogen-bond acceptors (Lipinski definition) is 4. The van der Waals surface area contributed by atoms with Crippen molar-refractivity contribution in [2.45, 2.75) is 19.1 Å². The van der Waals surface area contributed by atoms with Crippen LogP contribution in [0.4, 0.5) is 0 Å². The van der Waals surface area contributed by atoms with Gasteiger partial charge in [0, 0.05) is 12.6 Å². The summed E-state index contributed by atoms with van der Waals surface area (Å²) in [4.78, 5) is 16.0. The summed E-state index contributed by atoms with van der Waals surface area (Å²) in [6.07, 6.45) is 0.0451. The Balaban J connectivity index is 2.14. The Morgan fingerprint density at radius 3 is 3.00 bits per heavy atom. The number of likely N-dealkylation sites (N-methyl/N-ethyl adjacent to an activating group) is 1. The van der Waals surface area contributed by atoms with E-state index in [9.17, 15) is 4.79 Å². The van der Waals surface area contributed by atoms with Crippen LogP contribution in [0, 0.1) is 0 Å². The van der Waals surface area contributed by atoms with Crippen molar-refractivity contribution in [3.8, 4) is 0 Å². The molecule has 1 aromatic heterocycles. The average Bonchev–Trinajstić information content (AvgIpc) is 2.84. The SMILES string of the molecule is CC(CN(C)C)N1C(=O)CNC1c1ccsc1. The lowest BCUT2D eigenvalue weighted by Crippen LogP contribution is -2.43. The highest BCUT2D eigenvalue weighted by atomic mass is 32.1. The molecule has 2 heterocycles. The van der Waals surface area contributed by atoms with Crippen LogP contribution < -0.4 is 5.32 Å². The molecule has 0 spiro atoms. The highest BCUT2D eigenvalue weighted by molar-refractivity contribution is 7.07. The van der Waals surface area contributed by atoms with E-state index in [2.05, 4.69) is 34.0 Å². The first kappa shape index (κ1) is 12.5. The van der Waals surface area contributed by atoms with Crippen LogP contribution in [0.3, 0.4) is 0 Å². The fourth-order valence-corrected chi connectivity index (χ4v) is 3.02. The first-order valence-corrected chi connectivity index (χ1v) is 6.75. The quantitative estimate of drug-likeness (QED) is 0.873. The molecule has 1 fully saturated rings. The predicted octanol–water partition coefficient (Wildman–Crippen LogP) is 1.13.